The van der Waals surface area contributed by atoms with Crippen LogP contribution in [0.25, 0.3) is 0 Å². The highest BCUT2D eigenvalue weighted by atomic mass is 16.5. The number of ketones is 1. The van der Waals surface area contributed by atoms with Gasteiger partial charge in [-0.25, -0.2) is 0 Å². The van der Waals surface area contributed by atoms with E-state index < -0.39 is 0 Å². The number of hydrogen-bond donors (Lipinski definition) is 1. The lowest BCUT2D eigenvalue weighted by molar-refractivity contribution is -0.114. The number of aliphatic hydroxyl groups is 1. The average Bonchev–Trinajstić information content (AvgIpc) is 3.17. The molecule has 1 N–H and O–H groups in total. The molecule has 0 amide bonds. The zero-order valence-corrected chi connectivity index (χ0v) is 22.9. The number of carbonyl (C=O) groups excluding carboxylic acids is 1. The SMILES string of the molecule is C#CC(C)(C)OC.CN(C)c1ccc(C2CC3(C)C(O)CCC3C3CCC4=CC(=O)CCC4=C23)cc1. The standard InChI is InChI=1S/C26H33NO2.C6H10O/c1-26-15-22(16-4-7-18(8-5-16)27(2)3)25-20-11-9-19(28)14-17(20)6-10-21(25)23(26)12-13-24(26)29;1-5-6(2,3)7-4/h4-5,7-8,14,21-24,29H,6,9-13,15H2,1-3H3;1H,2-4H3. The van der Waals surface area contributed by atoms with E-state index in [1.807, 2.05) is 19.9 Å². The van der Waals surface area contributed by atoms with Crippen LogP contribution in [0.1, 0.15) is 77.2 Å². The molecule has 194 valence electrons. The van der Waals surface area contributed by atoms with Gasteiger partial charge in [-0.15, -0.1) is 6.42 Å². The van der Waals surface area contributed by atoms with Gasteiger partial charge < -0.3 is 14.7 Å². The minimum Gasteiger partial charge on any atom is -0.393 e. The maximum Gasteiger partial charge on any atom is 0.156 e. The van der Waals surface area contributed by atoms with Gasteiger partial charge in [0, 0.05) is 39.2 Å². The molecule has 5 rings (SSSR count). The number of methoxy groups -OCH3 is 1. The predicted octanol–water partition coefficient (Wildman–Crippen LogP) is 6.06. The molecule has 0 bridgehead atoms. The van der Waals surface area contributed by atoms with Gasteiger partial charge in [0.05, 0.1) is 6.10 Å². The van der Waals surface area contributed by atoms with E-state index in [9.17, 15) is 9.90 Å². The highest BCUT2D eigenvalue weighted by Crippen LogP contribution is 2.63. The molecule has 0 radical (unpaired) electrons. The van der Waals surface area contributed by atoms with Crippen LogP contribution in [0.15, 0.2) is 47.1 Å². The molecule has 4 aliphatic carbocycles. The van der Waals surface area contributed by atoms with Crippen LogP contribution in [0.4, 0.5) is 5.69 Å². The van der Waals surface area contributed by atoms with Gasteiger partial charge in [-0.1, -0.05) is 30.6 Å². The lowest BCUT2D eigenvalue weighted by Crippen LogP contribution is -2.45. The molecule has 0 spiro atoms. The lowest BCUT2D eigenvalue weighted by atomic mass is 9.53. The first kappa shape index (κ1) is 26.7. The summed E-state index contributed by atoms with van der Waals surface area (Å²) >= 11 is 0. The Balaban J connectivity index is 0.000000384. The number of aliphatic hydroxyl groups excluding tert-OH is 1. The zero-order chi connectivity index (χ0) is 26.3. The van der Waals surface area contributed by atoms with Gasteiger partial charge in [-0.05, 0) is 105 Å². The summed E-state index contributed by atoms with van der Waals surface area (Å²) in [5.74, 6) is 4.27. The fraction of sp³-hybridized carbons (Fsp3) is 0.594. The Morgan fingerprint density at radius 1 is 1.11 bits per heavy atom. The van der Waals surface area contributed by atoms with Gasteiger partial charge in [0.25, 0.3) is 0 Å². The summed E-state index contributed by atoms with van der Waals surface area (Å²) < 4.78 is 4.85. The van der Waals surface area contributed by atoms with Crippen LogP contribution in [-0.4, -0.2) is 43.8 Å². The summed E-state index contributed by atoms with van der Waals surface area (Å²) in [6.45, 7) is 6.02. The monoisotopic (exact) mass is 489 g/mol. The zero-order valence-electron chi connectivity index (χ0n) is 22.9. The highest BCUT2D eigenvalue weighted by molar-refractivity contribution is 5.93. The number of allylic oxidation sites excluding steroid dienone is 4. The molecule has 1 aromatic carbocycles. The molecule has 2 fully saturated rings. The summed E-state index contributed by atoms with van der Waals surface area (Å²) in [5, 5.41) is 10.9. The summed E-state index contributed by atoms with van der Waals surface area (Å²) in [6.07, 6.45) is 13.6. The number of terminal acetylenes is 1. The topological polar surface area (TPSA) is 49.8 Å². The largest absolute Gasteiger partial charge is 0.393 e. The highest BCUT2D eigenvalue weighted by Gasteiger charge is 2.56. The molecule has 5 unspecified atom stereocenters. The quantitative estimate of drug-likeness (QED) is 0.525. The van der Waals surface area contributed by atoms with Crippen LogP contribution in [0.2, 0.25) is 0 Å². The smallest absolute Gasteiger partial charge is 0.156 e. The van der Waals surface area contributed by atoms with Gasteiger partial charge in [0.15, 0.2) is 5.78 Å². The van der Waals surface area contributed by atoms with Gasteiger partial charge in [0.1, 0.15) is 5.60 Å². The van der Waals surface area contributed by atoms with Gasteiger partial charge in [0.2, 0.25) is 0 Å². The maximum atomic E-state index is 12.1. The van der Waals surface area contributed by atoms with Crippen molar-refractivity contribution in [2.24, 2.45) is 17.3 Å². The normalized spacial score (nSPS) is 31.3. The summed E-state index contributed by atoms with van der Waals surface area (Å²) in [6, 6.07) is 9.03. The lowest BCUT2D eigenvalue weighted by Gasteiger charge is -2.52. The number of ether oxygens (including phenoxy) is 1. The summed E-state index contributed by atoms with van der Waals surface area (Å²) in [5.41, 5.74) is 6.63. The van der Waals surface area contributed by atoms with Crippen molar-refractivity contribution >= 4 is 11.5 Å². The van der Waals surface area contributed by atoms with Gasteiger partial charge in [-0.2, -0.15) is 0 Å². The van der Waals surface area contributed by atoms with Crippen molar-refractivity contribution in [2.75, 3.05) is 26.1 Å². The first-order valence-electron chi connectivity index (χ1n) is 13.5. The second-order valence-corrected chi connectivity index (χ2v) is 12.0. The minimum absolute atomic E-state index is 0.00527. The third-order valence-electron chi connectivity index (χ3n) is 9.35. The van der Waals surface area contributed by atoms with Crippen LogP contribution in [-0.2, 0) is 9.53 Å². The van der Waals surface area contributed by atoms with E-state index in [4.69, 9.17) is 11.2 Å². The third-order valence-corrected chi connectivity index (χ3v) is 9.35. The summed E-state index contributed by atoms with van der Waals surface area (Å²) in [7, 11) is 5.75. The molecule has 4 aliphatic rings. The number of fused-ring (bicyclic) bond motifs is 4. The second kappa shape index (κ2) is 10.2. The molecular formula is C32H43NO3. The van der Waals surface area contributed by atoms with E-state index >= 15 is 0 Å². The number of hydrogen-bond acceptors (Lipinski definition) is 4. The molecule has 0 heterocycles. The van der Waals surface area contributed by atoms with Crippen LogP contribution >= 0.6 is 0 Å². The number of carbonyl (C=O) groups is 1. The van der Waals surface area contributed by atoms with Crippen LogP contribution in [0.3, 0.4) is 0 Å². The van der Waals surface area contributed by atoms with Crippen molar-refractivity contribution < 1.29 is 14.6 Å². The molecule has 1 aromatic rings. The van der Waals surface area contributed by atoms with Crippen molar-refractivity contribution in [1.82, 2.24) is 0 Å². The number of rotatable bonds is 3. The first-order chi connectivity index (χ1) is 17.0. The molecule has 0 aromatic heterocycles. The van der Waals surface area contributed by atoms with Gasteiger partial charge in [-0.3, -0.25) is 4.79 Å². The Hall–Kier alpha value is -2.35. The van der Waals surface area contributed by atoms with Crippen molar-refractivity contribution in [3.8, 4) is 12.3 Å². The Morgan fingerprint density at radius 3 is 2.39 bits per heavy atom. The Labute approximate surface area is 217 Å². The average molecular weight is 490 g/mol. The summed E-state index contributed by atoms with van der Waals surface area (Å²) in [4.78, 5) is 14.2. The second-order valence-electron chi connectivity index (χ2n) is 12.0. The molecular weight excluding hydrogens is 446 g/mol. The molecule has 0 saturated heterocycles. The number of nitrogens with zero attached hydrogens (tertiary/aromatic N) is 1. The van der Waals surface area contributed by atoms with Crippen molar-refractivity contribution in [3.63, 3.8) is 0 Å². The molecule has 36 heavy (non-hydrogen) atoms. The molecule has 4 heteroatoms. The third kappa shape index (κ3) is 4.93. The van der Waals surface area contributed by atoms with E-state index in [2.05, 4.69) is 56.1 Å². The fourth-order valence-corrected chi connectivity index (χ4v) is 7.00. The molecule has 4 nitrogen and oxygen atoms in total. The van der Waals surface area contributed by atoms with Crippen molar-refractivity contribution in [1.29, 1.82) is 0 Å². The minimum atomic E-state index is -0.389. The number of benzene rings is 1. The van der Waals surface area contributed by atoms with Crippen LogP contribution in [0.5, 0.6) is 0 Å². The van der Waals surface area contributed by atoms with E-state index in [1.54, 1.807) is 12.7 Å². The predicted molar refractivity (Wildman–Crippen MR) is 147 cm³/mol. The van der Waals surface area contributed by atoms with Gasteiger partial charge >= 0.3 is 0 Å². The maximum absolute atomic E-state index is 12.1. The van der Waals surface area contributed by atoms with Crippen molar-refractivity contribution in [3.05, 3.63) is 52.6 Å². The van der Waals surface area contributed by atoms with E-state index in [1.165, 1.54) is 22.4 Å². The molecule has 5 atom stereocenters. The Bertz CT molecular complexity index is 1090. The fourth-order valence-electron chi connectivity index (χ4n) is 7.00. The van der Waals surface area contributed by atoms with E-state index in [0.29, 0.717) is 30.0 Å². The Kier molecular flexibility index (Phi) is 7.56. The van der Waals surface area contributed by atoms with E-state index in [-0.39, 0.29) is 17.1 Å². The van der Waals surface area contributed by atoms with Crippen LogP contribution < -0.4 is 4.90 Å². The van der Waals surface area contributed by atoms with Crippen LogP contribution in [0, 0.1) is 29.6 Å². The molecule has 2 saturated carbocycles. The van der Waals surface area contributed by atoms with Crippen molar-refractivity contribution in [2.45, 2.75) is 83.3 Å². The first-order valence-corrected chi connectivity index (χ1v) is 13.5. The molecule has 0 aliphatic heterocycles. The Morgan fingerprint density at radius 2 is 1.81 bits per heavy atom. The van der Waals surface area contributed by atoms with E-state index in [0.717, 1.165) is 38.5 Å². The number of anilines is 1.